The molecule has 0 spiro atoms. The highest BCUT2D eigenvalue weighted by Gasteiger charge is 2.26. The lowest BCUT2D eigenvalue weighted by molar-refractivity contribution is -0.138. The number of hydrogen-bond donors (Lipinski definition) is 2. The van der Waals surface area contributed by atoms with Crippen molar-refractivity contribution in [1.29, 1.82) is 0 Å². The molecule has 7 heteroatoms. The molecule has 2 heterocycles. The van der Waals surface area contributed by atoms with E-state index in [1.54, 1.807) is 23.1 Å². The van der Waals surface area contributed by atoms with Crippen LogP contribution in [-0.2, 0) is 16.1 Å². The zero-order chi connectivity index (χ0) is 14.4. The predicted molar refractivity (Wildman–Crippen MR) is 81.1 cm³/mol. The van der Waals surface area contributed by atoms with Gasteiger partial charge in [-0.05, 0) is 11.4 Å². The number of hydrogen-bond acceptors (Lipinski definition) is 5. The minimum Gasteiger partial charge on any atom is -0.481 e. The van der Waals surface area contributed by atoms with Gasteiger partial charge in [-0.15, -0.1) is 11.3 Å². The summed E-state index contributed by atoms with van der Waals surface area (Å²) >= 11 is 3.36. The molecular formula is C13H18N2O3S2. The first kappa shape index (κ1) is 15.3. The summed E-state index contributed by atoms with van der Waals surface area (Å²) in [5.41, 5.74) is 0. The van der Waals surface area contributed by atoms with E-state index in [4.69, 9.17) is 5.11 Å². The Balaban J connectivity index is 1.80. The Bertz CT molecular complexity index is 450. The van der Waals surface area contributed by atoms with Crippen molar-refractivity contribution in [1.82, 2.24) is 10.2 Å². The molecule has 0 bridgehead atoms. The van der Waals surface area contributed by atoms with Gasteiger partial charge in [0.2, 0.25) is 5.91 Å². The Kier molecular flexibility index (Phi) is 5.87. The van der Waals surface area contributed by atoms with Gasteiger partial charge in [0.15, 0.2) is 0 Å². The van der Waals surface area contributed by atoms with E-state index in [2.05, 4.69) is 5.32 Å². The lowest BCUT2D eigenvalue weighted by Crippen LogP contribution is -2.48. The average molecular weight is 314 g/mol. The first-order valence-corrected chi connectivity index (χ1v) is 8.51. The molecule has 0 aromatic carbocycles. The SMILES string of the molecule is O=C(O)CC1CSCCN1CC(=O)NCc1cccs1. The van der Waals surface area contributed by atoms with Gasteiger partial charge >= 0.3 is 5.97 Å². The van der Waals surface area contributed by atoms with Gasteiger partial charge in [0.25, 0.3) is 0 Å². The number of rotatable bonds is 6. The Morgan fingerprint density at radius 1 is 1.50 bits per heavy atom. The highest BCUT2D eigenvalue weighted by Crippen LogP contribution is 2.18. The Morgan fingerprint density at radius 3 is 3.05 bits per heavy atom. The highest BCUT2D eigenvalue weighted by molar-refractivity contribution is 7.99. The summed E-state index contributed by atoms with van der Waals surface area (Å²) in [5, 5.41) is 13.8. The van der Waals surface area contributed by atoms with Crippen LogP contribution in [0, 0.1) is 0 Å². The van der Waals surface area contributed by atoms with Crippen molar-refractivity contribution in [3.63, 3.8) is 0 Å². The van der Waals surface area contributed by atoms with Gasteiger partial charge in [0.05, 0.1) is 19.5 Å². The van der Waals surface area contributed by atoms with Crippen LogP contribution in [0.4, 0.5) is 0 Å². The maximum Gasteiger partial charge on any atom is 0.304 e. The molecule has 1 aliphatic rings. The van der Waals surface area contributed by atoms with Crippen LogP contribution < -0.4 is 5.32 Å². The highest BCUT2D eigenvalue weighted by atomic mass is 32.2. The van der Waals surface area contributed by atoms with Crippen molar-refractivity contribution >= 4 is 35.0 Å². The number of amides is 1. The van der Waals surface area contributed by atoms with Crippen LogP contribution in [0.5, 0.6) is 0 Å². The van der Waals surface area contributed by atoms with Crippen molar-refractivity contribution in [3.05, 3.63) is 22.4 Å². The van der Waals surface area contributed by atoms with Gasteiger partial charge < -0.3 is 10.4 Å². The van der Waals surface area contributed by atoms with Crippen molar-refractivity contribution in [2.24, 2.45) is 0 Å². The van der Waals surface area contributed by atoms with Gasteiger partial charge in [-0.1, -0.05) is 6.07 Å². The standard InChI is InChI=1S/C13H18N2O3S2/c16-12(14-7-11-2-1-4-20-11)8-15-3-5-19-9-10(15)6-13(17)18/h1-2,4,10H,3,5-9H2,(H,14,16)(H,17,18). The molecule has 0 saturated carbocycles. The Labute approximate surface area is 126 Å². The molecule has 5 nitrogen and oxygen atoms in total. The van der Waals surface area contributed by atoms with Crippen LogP contribution >= 0.6 is 23.1 Å². The smallest absolute Gasteiger partial charge is 0.304 e. The van der Waals surface area contributed by atoms with E-state index in [0.29, 0.717) is 6.54 Å². The fraction of sp³-hybridized carbons (Fsp3) is 0.538. The molecule has 1 atom stereocenters. The summed E-state index contributed by atoms with van der Waals surface area (Å²) in [6.07, 6.45) is 0.102. The number of carboxylic acid groups (broad SMARTS) is 1. The third-order valence-corrected chi connectivity index (χ3v) is 5.11. The van der Waals surface area contributed by atoms with Crippen LogP contribution in [0.1, 0.15) is 11.3 Å². The molecule has 1 amide bonds. The zero-order valence-corrected chi connectivity index (χ0v) is 12.7. The first-order chi connectivity index (χ1) is 9.65. The molecule has 2 N–H and O–H groups in total. The first-order valence-electron chi connectivity index (χ1n) is 6.48. The molecular weight excluding hydrogens is 296 g/mol. The second kappa shape index (κ2) is 7.66. The van der Waals surface area contributed by atoms with E-state index >= 15 is 0 Å². The van der Waals surface area contributed by atoms with E-state index in [-0.39, 0.29) is 24.9 Å². The topological polar surface area (TPSA) is 69.6 Å². The molecule has 2 rings (SSSR count). The maximum atomic E-state index is 11.9. The molecule has 1 unspecified atom stereocenters. The molecule has 1 aromatic heterocycles. The number of carbonyl (C=O) groups is 2. The Hall–Kier alpha value is -1.05. The monoisotopic (exact) mass is 314 g/mol. The molecule has 1 aromatic rings. The molecule has 1 fully saturated rings. The number of nitrogens with zero attached hydrogens (tertiary/aromatic N) is 1. The molecule has 0 aliphatic carbocycles. The Morgan fingerprint density at radius 2 is 2.35 bits per heavy atom. The minimum atomic E-state index is -0.804. The van der Waals surface area contributed by atoms with Gasteiger partial charge in [0, 0.05) is 29.0 Å². The summed E-state index contributed by atoms with van der Waals surface area (Å²) < 4.78 is 0. The summed E-state index contributed by atoms with van der Waals surface area (Å²) in [6, 6.07) is 3.89. The predicted octanol–water partition coefficient (Wildman–Crippen LogP) is 1.26. The summed E-state index contributed by atoms with van der Waals surface area (Å²) in [4.78, 5) is 25.9. The van der Waals surface area contributed by atoms with Crippen molar-refractivity contribution in [3.8, 4) is 0 Å². The van der Waals surface area contributed by atoms with Crippen molar-refractivity contribution in [2.75, 3.05) is 24.6 Å². The van der Waals surface area contributed by atoms with Gasteiger partial charge in [-0.2, -0.15) is 11.8 Å². The summed E-state index contributed by atoms with van der Waals surface area (Å²) in [6.45, 7) is 1.60. The van der Waals surface area contributed by atoms with Crippen LogP contribution in [0.3, 0.4) is 0 Å². The number of carboxylic acids is 1. The van der Waals surface area contributed by atoms with Crippen LogP contribution in [-0.4, -0.2) is 52.5 Å². The van der Waals surface area contributed by atoms with Gasteiger partial charge in [-0.25, -0.2) is 0 Å². The minimum absolute atomic E-state index is 0.0410. The lowest BCUT2D eigenvalue weighted by Gasteiger charge is -2.33. The number of nitrogens with one attached hydrogen (secondary N) is 1. The zero-order valence-electron chi connectivity index (χ0n) is 11.1. The fourth-order valence-electron chi connectivity index (χ4n) is 2.13. The maximum absolute atomic E-state index is 11.9. The van der Waals surface area contributed by atoms with Crippen LogP contribution in [0.25, 0.3) is 0 Å². The number of carbonyl (C=O) groups excluding carboxylic acids is 1. The van der Waals surface area contributed by atoms with E-state index in [1.165, 1.54) is 0 Å². The molecule has 1 saturated heterocycles. The summed E-state index contributed by atoms with van der Waals surface area (Å²) in [7, 11) is 0. The fourth-order valence-corrected chi connectivity index (χ4v) is 3.90. The quantitative estimate of drug-likeness (QED) is 0.827. The molecule has 1 aliphatic heterocycles. The second-order valence-electron chi connectivity index (χ2n) is 4.65. The lowest BCUT2D eigenvalue weighted by atomic mass is 10.2. The largest absolute Gasteiger partial charge is 0.481 e. The van der Waals surface area contributed by atoms with E-state index < -0.39 is 5.97 Å². The van der Waals surface area contributed by atoms with Crippen LogP contribution in [0.15, 0.2) is 17.5 Å². The molecule has 110 valence electrons. The van der Waals surface area contributed by atoms with E-state index in [9.17, 15) is 9.59 Å². The number of thiophene rings is 1. The van der Waals surface area contributed by atoms with Gasteiger partial charge in [0.1, 0.15) is 0 Å². The number of thioether (sulfide) groups is 1. The average Bonchev–Trinajstić information content (AvgIpc) is 2.91. The van der Waals surface area contributed by atoms with Crippen molar-refractivity contribution in [2.45, 2.75) is 19.0 Å². The molecule has 20 heavy (non-hydrogen) atoms. The third kappa shape index (κ3) is 4.81. The van der Waals surface area contributed by atoms with Crippen molar-refractivity contribution < 1.29 is 14.7 Å². The van der Waals surface area contributed by atoms with Crippen LogP contribution in [0.2, 0.25) is 0 Å². The normalized spacial score (nSPS) is 19.7. The van der Waals surface area contributed by atoms with E-state index in [1.807, 2.05) is 22.4 Å². The number of aliphatic carboxylic acids is 1. The second-order valence-corrected chi connectivity index (χ2v) is 6.84. The third-order valence-electron chi connectivity index (χ3n) is 3.15. The van der Waals surface area contributed by atoms with E-state index in [0.717, 1.165) is 22.9 Å². The summed E-state index contributed by atoms with van der Waals surface area (Å²) in [5.74, 6) is 0.890. The molecule has 0 radical (unpaired) electrons. The van der Waals surface area contributed by atoms with Gasteiger partial charge in [-0.3, -0.25) is 14.5 Å².